The second-order valence-electron chi connectivity index (χ2n) is 6.94. The van der Waals surface area contributed by atoms with E-state index in [2.05, 4.69) is 25.5 Å². The summed E-state index contributed by atoms with van der Waals surface area (Å²) >= 11 is 0.605. The second kappa shape index (κ2) is 10.1. The van der Waals surface area contributed by atoms with Crippen LogP contribution in [0.15, 0.2) is 55.1 Å². The van der Waals surface area contributed by atoms with Crippen LogP contribution in [0, 0.1) is 11.3 Å². The number of aromatic nitrogens is 3. The summed E-state index contributed by atoms with van der Waals surface area (Å²) in [5, 5.41) is 13.7. The van der Waals surface area contributed by atoms with Crippen molar-refractivity contribution in [2.45, 2.75) is 32.4 Å². The average molecular weight is 427 g/mol. The molecule has 0 atom stereocenters. The zero-order chi connectivity index (χ0) is 21.4. The van der Waals surface area contributed by atoms with Gasteiger partial charge < -0.3 is 8.92 Å². The Morgan fingerprint density at radius 3 is 2.53 bits per heavy atom. The zero-order valence-electron chi connectivity index (χ0n) is 16.5. The van der Waals surface area contributed by atoms with Crippen molar-refractivity contribution >= 4 is 12.3 Å². The normalized spacial score (nSPS) is 11.1. The number of hydrogen-bond acceptors (Lipinski definition) is 9. The number of nitrogens with two attached hydrogens (primary N) is 1. The third kappa shape index (κ3) is 5.95. The molecule has 0 saturated heterocycles. The van der Waals surface area contributed by atoms with Crippen LogP contribution in [-0.4, -0.2) is 14.8 Å². The Morgan fingerprint density at radius 2 is 1.87 bits per heavy atom. The predicted octanol–water partition coefficient (Wildman–Crippen LogP) is 3.47. The highest BCUT2D eigenvalue weighted by Crippen LogP contribution is 2.26. The fraction of sp³-hybridized carbons (Fsp3) is 0.250. The third-order valence-electron chi connectivity index (χ3n) is 4.29. The molecule has 0 radical (unpaired) electrons. The van der Waals surface area contributed by atoms with Crippen LogP contribution in [0.3, 0.4) is 0 Å². The minimum absolute atomic E-state index is 0.346. The number of nitrogens with zero attached hydrogens (tertiary/aromatic N) is 4. The van der Waals surface area contributed by atoms with Gasteiger partial charge in [-0.05, 0) is 54.8 Å². The van der Waals surface area contributed by atoms with Gasteiger partial charge in [-0.3, -0.25) is 0 Å². The highest BCUT2D eigenvalue weighted by molar-refractivity contribution is 7.90. The van der Waals surface area contributed by atoms with E-state index in [-0.39, 0.29) is 0 Å². The van der Waals surface area contributed by atoms with Crippen LogP contribution in [0.5, 0.6) is 11.5 Å². The van der Waals surface area contributed by atoms with E-state index in [9.17, 15) is 5.26 Å². The van der Waals surface area contributed by atoms with E-state index in [1.807, 2.05) is 32.0 Å². The van der Waals surface area contributed by atoms with Crippen molar-refractivity contribution in [3.63, 3.8) is 0 Å². The largest absolute Gasteiger partial charge is 0.489 e. The van der Waals surface area contributed by atoms with Crippen LogP contribution in [0.25, 0.3) is 0 Å². The smallest absolute Gasteiger partial charge is 0.260 e. The molecule has 0 unspecified atom stereocenters. The van der Waals surface area contributed by atoms with E-state index in [1.54, 1.807) is 35.3 Å². The Morgan fingerprint density at radius 1 is 1.13 bits per heavy atom. The van der Waals surface area contributed by atoms with Gasteiger partial charge in [0, 0.05) is 0 Å². The first-order valence-electron chi connectivity index (χ1n) is 8.97. The van der Waals surface area contributed by atoms with Gasteiger partial charge in [-0.2, -0.15) is 16.3 Å². The molecular formula is C20H21N5O4S. The van der Waals surface area contributed by atoms with Crippen LogP contribution >= 0.6 is 12.3 Å². The molecule has 1 aromatic heterocycles. The summed E-state index contributed by atoms with van der Waals surface area (Å²) < 4.78 is 17.2. The number of ether oxygens (including phenoxy) is 1. The average Bonchev–Trinajstić information content (AvgIpc) is 3.26. The summed E-state index contributed by atoms with van der Waals surface area (Å²) in [6.45, 7) is 4.68. The van der Waals surface area contributed by atoms with Crippen molar-refractivity contribution < 1.29 is 18.2 Å². The Labute approximate surface area is 178 Å². The Kier molecular flexibility index (Phi) is 7.26. The maximum absolute atomic E-state index is 9.55. The van der Waals surface area contributed by atoms with Crippen LogP contribution in [-0.2, 0) is 27.9 Å². The molecule has 0 bridgehead atoms. The van der Waals surface area contributed by atoms with E-state index >= 15 is 0 Å². The van der Waals surface area contributed by atoms with Gasteiger partial charge in [0.15, 0.2) is 0 Å². The van der Waals surface area contributed by atoms with Crippen LogP contribution in [0.2, 0.25) is 0 Å². The van der Waals surface area contributed by atoms with Crippen molar-refractivity contribution in [2.75, 3.05) is 0 Å². The molecular weight excluding hydrogens is 406 g/mol. The molecule has 0 aliphatic heterocycles. The van der Waals surface area contributed by atoms with E-state index in [4.69, 9.17) is 14.8 Å². The molecule has 3 rings (SSSR count). The van der Waals surface area contributed by atoms with E-state index in [0.717, 1.165) is 16.7 Å². The summed E-state index contributed by atoms with van der Waals surface area (Å²) in [6, 6.07) is 15.4. The lowest BCUT2D eigenvalue weighted by Gasteiger charge is -2.19. The summed E-state index contributed by atoms with van der Waals surface area (Å²) in [5.41, 5.74) is 2.27. The molecule has 0 saturated carbocycles. The van der Waals surface area contributed by atoms with E-state index in [1.165, 1.54) is 6.33 Å². The number of rotatable bonds is 10. The summed E-state index contributed by atoms with van der Waals surface area (Å²) in [4.78, 5) is 7.92. The molecule has 0 aliphatic carbocycles. The predicted molar refractivity (Wildman–Crippen MR) is 110 cm³/mol. The van der Waals surface area contributed by atoms with Crippen molar-refractivity contribution in [2.24, 2.45) is 5.90 Å². The van der Waals surface area contributed by atoms with Gasteiger partial charge in [0.2, 0.25) is 0 Å². The lowest BCUT2D eigenvalue weighted by Crippen LogP contribution is -2.15. The van der Waals surface area contributed by atoms with E-state index in [0.29, 0.717) is 37.0 Å². The first kappa shape index (κ1) is 21.6. The molecule has 0 aliphatic rings. The Hall–Kier alpha value is -3.10. The molecule has 2 N–H and O–H groups in total. The minimum Gasteiger partial charge on any atom is -0.489 e. The highest BCUT2D eigenvalue weighted by atomic mass is 32.2. The number of hydrogen-bond donors (Lipinski definition) is 1. The standard InChI is InChI=1S/C20H21N5O4S/c1-20(2,12-21)17-8-15(10-25-14-23-13-24-25)7-16(9-17)11-26-18-3-5-19(6-4-18)27-30-29-28-22/h3-9,13-14H,10-11,22H2,1-2H3. The van der Waals surface area contributed by atoms with Crippen molar-refractivity contribution in [3.8, 4) is 17.6 Å². The molecule has 9 nitrogen and oxygen atoms in total. The third-order valence-corrected chi connectivity index (χ3v) is 4.69. The lowest BCUT2D eigenvalue weighted by molar-refractivity contribution is -0.199. The van der Waals surface area contributed by atoms with Crippen molar-refractivity contribution in [1.82, 2.24) is 14.8 Å². The van der Waals surface area contributed by atoms with Gasteiger partial charge in [-0.15, -0.1) is 9.32 Å². The monoisotopic (exact) mass is 427 g/mol. The van der Waals surface area contributed by atoms with Crippen molar-refractivity contribution in [3.05, 3.63) is 71.8 Å². The van der Waals surface area contributed by atoms with Gasteiger partial charge in [-0.25, -0.2) is 9.67 Å². The fourth-order valence-electron chi connectivity index (χ4n) is 2.69. The highest BCUT2D eigenvalue weighted by Gasteiger charge is 2.21. The second-order valence-corrected chi connectivity index (χ2v) is 7.38. The summed E-state index contributed by atoms with van der Waals surface area (Å²) in [5.74, 6) is 5.96. The van der Waals surface area contributed by atoms with Crippen molar-refractivity contribution in [1.29, 1.82) is 5.26 Å². The summed E-state index contributed by atoms with van der Waals surface area (Å²) in [7, 11) is 0. The molecule has 0 fully saturated rings. The molecule has 30 heavy (non-hydrogen) atoms. The molecule has 2 aromatic carbocycles. The maximum atomic E-state index is 9.55. The summed E-state index contributed by atoms with van der Waals surface area (Å²) in [6.07, 6.45) is 3.15. The molecule has 3 aromatic rings. The Balaban J connectivity index is 1.72. The first-order valence-corrected chi connectivity index (χ1v) is 9.63. The van der Waals surface area contributed by atoms with Crippen LogP contribution in [0.4, 0.5) is 0 Å². The van der Waals surface area contributed by atoms with E-state index < -0.39 is 5.41 Å². The first-order chi connectivity index (χ1) is 14.5. The molecule has 156 valence electrons. The topological polar surface area (TPSA) is 117 Å². The number of nitriles is 1. The molecule has 0 spiro atoms. The van der Waals surface area contributed by atoms with Gasteiger partial charge in [0.05, 0.1) is 18.0 Å². The zero-order valence-corrected chi connectivity index (χ0v) is 17.3. The van der Waals surface area contributed by atoms with Crippen LogP contribution in [0.1, 0.15) is 30.5 Å². The molecule has 10 heteroatoms. The SMILES string of the molecule is CC(C)(C#N)c1cc(COc2ccc(OSOON)cc2)cc(Cn2cncn2)c1. The Bertz CT molecular complexity index is 987. The fourth-order valence-corrected chi connectivity index (χ4v) is 2.94. The van der Waals surface area contributed by atoms with Gasteiger partial charge >= 0.3 is 0 Å². The van der Waals surface area contributed by atoms with Gasteiger partial charge in [-0.1, -0.05) is 18.2 Å². The maximum Gasteiger partial charge on any atom is 0.260 e. The molecule has 1 heterocycles. The van der Waals surface area contributed by atoms with Gasteiger partial charge in [0.1, 0.15) is 30.8 Å². The number of benzene rings is 2. The van der Waals surface area contributed by atoms with Crippen LogP contribution < -0.4 is 14.8 Å². The quantitative estimate of drug-likeness (QED) is 0.224. The lowest BCUT2D eigenvalue weighted by atomic mass is 9.84. The minimum atomic E-state index is -0.626. The van der Waals surface area contributed by atoms with Gasteiger partial charge in [0.25, 0.3) is 12.3 Å². The molecule has 0 amide bonds.